The molecule has 1 fully saturated rings. The molecule has 0 radical (unpaired) electrons. The van der Waals surface area contributed by atoms with Crippen LogP contribution in [0.5, 0.6) is 0 Å². The molecule has 110 valence electrons. The van der Waals surface area contributed by atoms with E-state index in [2.05, 4.69) is 15.1 Å². The average Bonchev–Trinajstić information content (AvgIpc) is 2.47. The Labute approximate surface area is 120 Å². The third-order valence-electron chi connectivity index (χ3n) is 3.71. The van der Waals surface area contributed by atoms with Crippen LogP contribution in [0.4, 0.5) is 5.82 Å². The van der Waals surface area contributed by atoms with Crippen LogP contribution in [0.2, 0.25) is 0 Å². The minimum absolute atomic E-state index is 0.0538. The molecule has 0 saturated carbocycles. The summed E-state index contributed by atoms with van der Waals surface area (Å²) in [4.78, 5) is 16.4. The molecule has 1 amide bonds. The van der Waals surface area contributed by atoms with Crippen molar-refractivity contribution in [1.82, 2.24) is 15.1 Å². The van der Waals surface area contributed by atoms with Crippen molar-refractivity contribution in [2.45, 2.75) is 32.2 Å². The molecular weight excluding hydrogens is 254 g/mol. The highest BCUT2D eigenvalue weighted by atomic mass is 16.2. The van der Waals surface area contributed by atoms with Gasteiger partial charge in [0, 0.05) is 32.4 Å². The van der Waals surface area contributed by atoms with E-state index < -0.39 is 5.54 Å². The van der Waals surface area contributed by atoms with Crippen molar-refractivity contribution in [1.29, 1.82) is 0 Å². The normalized spacial score (nSPS) is 18.8. The molecule has 20 heavy (non-hydrogen) atoms. The second-order valence-electron chi connectivity index (χ2n) is 5.53. The van der Waals surface area contributed by atoms with Crippen LogP contribution < -0.4 is 10.6 Å². The standard InChI is InChI=1S/C14H23N5O/c1-3-6-14(2,15)13(20)19-10-8-18(9-11-19)12-5-4-7-16-17-12/h4-5,7H,3,6,8-11,15H2,1-2H3. The molecule has 0 spiro atoms. The van der Waals surface area contributed by atoms with Crippen molar-refractivity contribution in [3.05, 3.63) is 18.3 Å². The summed E-state index contributed by atoms with van der Waals surface area (Å²) in [6, 6.07) is 3.81. The lowest BCUT2D eigenvalue weighted by Crippen LogP contribution is -2.58. The lowest BCUT2D eigenvalue weighted by Gasteiger charge is -2.38. The Morgan fingerprint density at radius 1 is 1.40 bits per heavy atom. The van der Waals surface area contributed by atoms with Crippen LogP contribution >= 0.6 is 0 Å². The molecule has 2 rings (SSSR count). The summed E-state index contributed by atoms with van der Waals surface area (Å²) in [6.45, 7) is 6.79. The van der Waals surface area contributed by atoms with Gasteiger partial charge in [-0.25, -0.2) is 0 Å². The lowest BCUT2D eigenvalue weighted by atomic mass is 9.95. The van der Waals surface area contributed by atoms with Crippen molar-refractivity contribution < 1.29 is 4.79 Å². The van der Waals surface area contributed by atoms with E-state index in [1.165, 1.54) is 0 Å². The van der Waals surface area contributed by atoms with E-state index in [1.54, 1.807) is 6.20 Å². The van der Waals surface area contributed by atoms with Crippen LogP contribution in [-0.4, -0.2) is 52.7 Å². The Morgan fingerprint density at radius 3 is 2.65 bits per heavy atom. The molecule has 0 aromatic carbocycles. The third kappa shape index (κ3) is 3.25. The van der Waals surface area contributed by atoms with Crippen molar-refractivity contribution in [2.24, 2.45) is 5.73 Å². The van der Waals surface area contributed by atoms with Gasteiger partial charge in [-0.2, -0.15) is 5.10 Å². The van der Waals surface area contributed by atoms with Gasteiger partial charge in [-0.15, -0.1) is 5.10 Å². The molecule has 1 aromatic heterocycles. The first-order valence-electron chi connectivity index (χ1n) is 7.15. The predicted molar refractivity (Wildman–Crippen MR) is 78.3 cm³/mol. The molecule has 1 aromatic rings. The van der Waals surface area contributed by atoms with E-state index in [9.17, 15) is 4.79 Å². The van der Waals surface area contributed by atoms with Gasteiger partial charge in [0.25, 0.3) is 0 Å². The minimum Gasteiger partial charge on any atom is -0.352 e. The van der Waals surface area contributed by atoms with E-state index >= 15 is 0 Å². The van der Waals surface area contributed by atoms with Crippen LogP contribution in [-0.2, 0) is 4.79 Å². The van der Waals surface area contributed by atoms with Crippen LogP contribution in [0.1, 0.15) is 26.7 Å². The molecule has 0 bridgehead atoms. The Kier molecular flexibility index (Phi) is 4.54. The molecule has 2 heterocycles. The first kappa shape index (κ1) is 14.7. The van der Waals surface area contributed by atoms with Gasteiger partial charge in [0.15, 0.2) is 5.82 Å². The highest BCUT2D eigenvalue weighted by Crippen LogP contribution is 2.16. The second-order valence-corrected chi connectivity index (χ2v) is 5.53. The molecule has 1 aliphatic heterocycles. The summed E-state index contributed by atoms with van der Waals surface area (Å²) in [7, 11) is 0. The number of carbonyl (C=O) groups is 1. The number of piperazine rings is 1. The summed E-state index contributed by atoms with van der Waals surface area (Å²) in [6.07, 6.45) is 3.29. The Bertz CT molecular complexity index is 440. The monoisotopic (exact) mass is 277 g/mol. The van der Waals surface area contributed by atoms with E-state index in [4.69, 9.17) is 5.73 Å². The Hall–Kier alpha value is -1.69. The molecular formula is C14H23N5O. The maximum absolute atomic E-state index is 12.4. The third-order valence-corrected chi connectivity index (χ3v) is 3.71. The SMILES string of the molecule is CCCC(C)(N)C(=O)N1CCN(c2cccnn2)CC1. The van der Waals surface area contributed by atoms with Crippen LogP contribution in [0, 0.1) is 0 Å². The zero-order chi connectivity index (χ0) is 14.6. The quantitative estimate of drug-likeness (QED) is 0.874. The van der Waals surface area contributed by atoms with Gasteiger partial charge < -0.3 is 15.5 Å². The average molecular weight is 277 g/mol. The number of anilines is 1. The number of hydrogen-bond acceptors (Lipinski definition) is 5. The molecule has 6 nitrogen and oxygen atoms in total. The smallest absolute Gasteiger partial charge is 0.242 e. The molecule has 2 N–H and O–H groups in total. The minimum atomic E-state index is -0.747. The first-order chi connectivity index (χ1) is 9.54. The molecule has 0 aliphatic carbocycles. The molecule has 1 saturated heterocycles. The van der Waals surface area contributed by atoms with Gasteiger partial charge in [0.2, 0.25) is 5.91 Å². The van der Waals surface area contributed by atoms with Gasteiger partial charge in [-0.05, 0) is 25.5 Å². The van der Waals surface area contributed by atoms with Crippen molar-refractivity contribution >= 4 is 11.7 Å². The van der Waals surface area contributed by atoms with E-state index in [0.717, 1.165) is 31.7 Å². The number of nitrogens with zero attached hydrogens (tertiary/aromatic N) is 4. The number of hydrogen-bond donors (Lipinski definition) is 1. The zero-order valence-corrected chi connectivity index (χ0v) is 12.2. The first-order valence-corrected chi connectivity index (χ1v) is 7.15. The van der Waals surface area contributed by atoms with Crippen molar-refractivity contribution in [2.75, 3.05) is 31.1 Å². The fourth-order valence-electron chi connectivity index (χ4n) is 2.59. The van der Waals surface area contributed by atoms with Crippen molar-refractivity contribution in [3.8, 4) is 0 Å². The maximum Gasteiger partial charge on any atom is 0.242 e. The number of aromatic nitrogens is 2. The van der Waals surface area contributed by atoms with Gasteiger partial charge in [-0.3, -0.25) is 4.79 Å². The van der Waals surface area contributed by atoms with Gasteiger partial charge in [0.1, 0.15) is 0 Å². The van der Waals surface area contributed by atoms with Gasteiger partial charge >= 0.3 is 0 Å². The van der Waals surface area contributed by atoms with Gasteiger partial charge in [-0.1, -0.05) is 13.3 Å². The Balaban J connectivity index is 1.93. The number of rotatable bonds is 4. The summed E-state index contributed by atoms with van der Waals surface area (Å²) in [5, 5.41) is 7.98. The summed E-state index contributed by atoms with van der Waals surface area (Å²) < 4.78 is 0. The van der Waals surface area contributed by atoms with Crippen LogP contribution in [0.25, 0.3) is 0 Å². The van der Waals surface area contributed by atoms with E-state index in [-0.39, 0.29) is 5.91 Å². The van der Waals surface area contributed by atoms with E-state index in [0.29, 0.717) is 13.1 Å². The fraction of sp³-hybridized carbons (Fsp3) is 0.643. The highest BCUT2D eigenvalue weighted by molar-refractivity contribution is 5.85. The summed E-state index contributed by atoms with van der Waals surface area (Å²) in [5.41, 5.74) is 5.37. The topological polar surface area (TPSA) is 75.4 Å². The van der Waals surface area contributed by atoms with Gasteiger partial charge in [0.05, 0.1) is 5.54 Å². The second kappa shape index (κ2) is 6.17. The fourth-order valence-corrected chi connectivity index (χ4v) is 2.59. The predicted octanol–water partition coefficient (Wildman–Crippen LogP) is 0.643. The Morgan fingerprint density at radius 2 is 2.10 bits per heavy atom. The zero-order valence-electron chi connectivity index (χ0n) is 12.2. The van der Waals surface area contributed by atoms with E-state index in [1.807, 2.05) is 30.9 Å². The summed E-state index contributed by atoms with van der Waals surface area (Å²) in [5.74, 6) is 0.918. The lowest BCUT2D eigenvalue weighted by molar-refractivity contribution is -0.137. The maximum atomic E-state index is 12.4. The number of nitrogens with two attached hydrogens (primary N) is 1. The highest BCUT2D eigenvalue weighted by Gasteiger charge is 2.33. The molecule has 1 unspecified atom stereocenters. The summed E-state index contributed by atoms with van der Waals surface area (Å²) >= 11 is 0. The van der Waals surface area contributed by atoms with Crippen LogP contribution in [0.15, 0.2) is 18.3 Å². The molecule has 1 atom stereocenters. The number of amides is 1. The van der Waals surface area contributed by atoms with Crippen LogP contribution in [0.3, 0.4) is 0 Å². The molecule has 1 aliphatic rings. The number of carbonyl (C=O) groups excluding carboxylic acids is 1. The molecule has 6 heteroatoms. The largest absolute Gasteiger partial charge is 0.352 e. The van der Waals surface area contributed by atoms with Crippen molar-refractivity contribution in [3.63, 3.8) is 0 Å².